The number of hydrogen-bond acceptors (Lipinski definition) is 1. The molecule has 0 atom stereocenters. The topological polar surface area (TPSA) is 17.1 Å². The van der Waals surface area contributed by atoms with Crippen molar-refractivity contribution < 1.29 is 9.18 Å². The molecule has 14 heavy (non-hydrogen) atoms. The third-order valence-electron chi connectivity index (χ3n) is 1.86. The van der Waals surface area contributed by atoms with Crippen LogP contribution in [-0.4, -0.2) is 5.78 Å². The molecular formula is C11H12BrFO. The van der Waals surface area contributed by atoms with E-state index < -0.39 is 11.2 Å². The minimum Gasteiger partial charge on any atom is -0.293 e. The maximum Gasteiger partial charge on any atom is 0.171 e. The first-order valence-corrected chi connectivity index (χ1v) is 5.11. The average molecular weight is 259 g/mol. The van der Waals surface area contributed by atoms with E-state index in [9.17, 15) is 9.18 Å². The maximum atomic E-state index is 13.4. The van der Waals surface area contributed by atoms with Crippen molar-refractivity contribution in [3.63, 3.8) is 0 Å². The van der Waals surface area contributed by atoms with Crippen molar-refractivity contribution >= 4 is 21.7 Å². The minimum absolute atomic E-state index is 0.153. The van der Waals surface area contributed by atoms with E-state index in [0.29, 0.717) is 4.47 Å². The van der Waals surface area contributed by atoms with Crippen molar-refractivity contribution in [3.05, 3.63) is 34.1 Å². The lowest BCUT2D eigenvalue weighted by atomic mass is 9.86. The van der Waals surface area contributed by atoms with E-state index in [0.717, 1.165) is 0 Å². The Labute approximate surface area is 91.5 Å². The van der Waals surface area contributed by atoms with Crippen molar-refractivity contribution in [2.24, 2.45) is 5.41 Å². The molecule has 0 aliphatic rings. The molecule has 0 N–H and O–H groups in total. The van der Waals surface area contributed by atoms with Gasteiger partial charge in [0, 0.05) is 9.89 Å². The van der Waals surface area contributed by atoms with Gasteiger partial charge in [0.05, 0.1) is 5.56 Å². The Bertz CT molecular complexity index is 366. The zero-order chi connectivity index (χ0) is 10.9. The second-order valence-electron chi connectivity index (χ2n) is 4.20. The van der Waals surface area contributed by atoms with Gasteiger partial charge >= 0.3 is 0 Å². The molecule has 1 aromatic carbocycles. The van der Waals surface area contributed by atoms with E-state index in [1.54, 1.807) is 26.8 Å². The molecule has 0 spiro atoms. The summed E-state index contributed by atoms with van der Waals surface area (Å²) in [6.07, 6.45) is 0. The van der Waals surface area contributed by atoms with E-state index in [1.807, 2.05) is 0 Å². The second kappa shape index (κ2) is 3.81. The third-order valence-corrected chi connectivity index (χ3v) is 2.35. The van der Waals surface area contributed by atoms with Crippen LogP contribution in [0.1, 0.15) is 31.1 Å². The van der Waals surface area contributed by atoms with Crippen LogP contribution >= 0.6 is 15.9 Å². The number of benzene rings is 1. The summed E-state index contributed by atoms with van der Waals surface area (Å²) in [6.45, 7) is 5.32. The van der Waals surface area contributed by atoms with Gasteiger partial charge < -0.3 is 0 Å². The van der Waals surface area contributed by atoms with Crippen molar-refractivity contribution in [2.75, 3.05) is 0 Å². The van der Waals surface area contributed by atoms with Crippen molar-refractivity contribution in [1.29, 1.82) is 0 Å². The van der Waals surface area contributed by atoms with Crippen molar-refractivity contribution in [1.82, 2.24) is 0 Å². The molecule has 0 saturated heterocycles. The number of hydrogen-bond donors (Lipinski definition) is 0. The molecule has 76 valence electrons. The Hall–Kier alpha value is -0.700. The average Bonchev–Trinajstić information content (AvgIpc) is 2.01. The molecule has 0 saturated carbocycles. The first-order chi connectivity index (χ1) is 6.32. The van der Waals surface area contributed by atoms with E-state index >= 15 is 0 Å². The summed E-state index contributed by atoms with van der Waals surface area (Å²) in [5.41, 5.74) is -0.394. The Morgan fingerprint density at radius 3 is 2.36 bits per heavy atom. The summed E-state index contributed by atoms with van der Waals surface area (Å²) in [5.74, 6) is -0.651. The summed E-state index contributed by atoms with van der Waals surface area (Å²) < 4.78 is 14.0. The number of carbonyl (C=O) groups is 1. The Morgan fingerprint density at radius 2 is 1.93 bits per heavy atom. The van der Waals surface area contributed by atoms with Crippen molar-refractivity contribution in [3.8, 4) is 0 Å². The lowest BCUT2D eigenvalue weighted by Crippen LogP contribution is -2.21. The van der Waals surface area contributed by atoms with Crippen molar-refractivity contribution in [2.45, 2.75) is 20.8 Å². The SMILES string of the molecule is CC(C)(C)C(=O)c1ccc(Br)cc1F. The molecule has 0 radical (unpaired) electrons. The van der Waals surface area contributed by atoms with Gasteiger partial charge in [-0.15, -0.1) is 0 Å². The zero-order valence-electron chi connectivity index (χ0n) is 8.40. The molecule has 0 aliphatic heterocycles. The molecule has 1 rings (SSSR count). The standard InChI is InChI=1S/C11H12BrFO/c1-11(2,3)10(14)8-5-4-7(12)6-9(8)13/h4-6H,1-3H3. The molecular weight excluding hydrogens is 247 g/mol. The monoisotopic (exact) mass is 258 g/mol. The van der Waals surface area contributed by atoms with Crippen LogP contribution in [0.5, 0.6) is 0 Å². The summed E-state index contributed by atoms with van der Waals surface area (Å²) in [5, 5.41) is 0. The van der Waals surface area contributed by atoms with E-state index in [2.05, 4.69) is 15.9 Å². The molecule has 0 aromatic heterocycles. The fourth-order valence-corrected chi connectivity index (χ4v) is 1.41. The number of carbonyl (C=O) groups excluding carboxylic acids is 1. The van der Waals surface area contributed by atoms with Crippen LogP contribution in [0.4, 0.5) is 4.39 Å². The van der Waals surface area contributed by atoms with Crippen LogP contribution in [0, 0.1) is 11.2 Å². The Balaban J connectivity index is 3.15. The van der Waals surface area contributed by atoms with Gasteiger partial charge in [-0.05, 0) is 18.2 Å². The Kier molecular flexibility index (Phi) is 3.10. The van der Waals surface area contributed by atoms with Gasteiger partial charge in [0.2, 0.25) is 0 Å². The third kappa shape index (κ3) is 2.41. The van der Waals surface area contributed by atoms with Crippen LogP contribution in [-0.2, 0) is 0 Å². The zero-order valence-corrected chi connectivity index (χ0v) is 9.98. The van der Waals surface area contributed by atoms with Crippen LogP contribution in [0.2, 0.25) is 0 Å². The highest BCUT2D eigenvalue weighted by molar-refractivity contribution is 9.10. The van der Waals surface area contributed by atoms with E-state index in [1.165, 1.54) is 12.1 Å². The first kappa shape index (κ1) is 11.4. The quantitative estimate of drug-likeness (QED) is 0.701. The van der Waals surface area contributed by atoms with Gasteiger partial charge in [0.25, 0.3) is 0 Å². The predicted molar refractivity (Wildman–Crippen MR) is 57.9 cm³/mol. The van der Waals surface area contributed by atoms with Gasteiger partial charge in [-0.3, -0.25) is 4.79 Å². The molecule has 3 heteroatoms. The number of halogens is 2. The number of Topliss-reactive ketones (excluding diaryl/α,β-unsaturated/α-hetero) is 1. The number of ketones is 1. The smallest absolute Gasteiger partial charge is 0.171 e. The summed E-state index contributed by atoms with van der Waals surface area (Å²) >= 11 is 3.14. The molecule has 0 heterocycles. The van der Waals surface area contributed by atoms with Crippen LogP contribution < -0.4 is 0 Å². The molecule has 0 bridgehead atoms. The van der Waals surface area contributed by atoms with E-state index in [-0.39, 0.29) is 11.3 Å². The van der Waals surface area contributed by atoms with E-state index in [4.69, 9.17) is 0 Å². The van der Waals surface area contributed by atoms with Gasteiger partial charge in [-0.25, -0.2) is 4.39 Å². The molecule has 0 unspecified atom stereocenters. The van der Waals surface area contributed by atoms with Gasteiger partial charge in [0.1, 0.15) is 5.82 Å². The molecule has 0 amide bonds. The number of rotatable bonds is 1. The predicted octanol–water partition coefficient (Wildman–Crippen LogP) is 3.82. The van der Waals surface area contributed by atoms with Crippen LogP contribution in [0.25, 0.3) is 0 Å². The fourth-order valence-electron chi connectivity index (χ4n) is 1.08. The molecule has 0 fully saturated rings. The lowest BCUT2D eigenvalue weighted by Gasteiger charge is -2.16. The summed E-state index contributed by atoms with van der Waals surface area (Å²) in [7, 11) is 0. The molecule has 1 aromatic rings. The summed E-state index contributed by atoms with van der Waals surface area (Å²) in [4.78, 5) is 11.7. The highest BCUT2D eigenvalue weighted by Gasteiger charge is 2.25. The first-order valence-electron chi connectivity index (χ1n) is 4.32. The second-order valence-corrected chi connectivity index (χ2v) is 5.12. The fraction of sp³-hybridized carbons (Fsp3) is 0.364. The minimum atomic E-state index is -0.547. The van der Waals surface area contributed by atoms with Crippen LogP contribution in [0.3, 0.4) is 0 Å². The van der Waals surface area contributed by atoms with Gasteiger partial charge in [-0.1, -0.05) is 36.7 Å². The summed E-state index contributed by atoms with van der Waals surface area (Å²) in [6, 6.07) is 4.48. The Morgan fingerprint density at radius 1 is 1.36 bits per heavy atom. The maximum absolute atomic E-state index is 13.4. The lowest BCUT2D eigenvalue weighted by molar-refractivity contribution is 0.0854. The highest BCUT2D eigenvalue weighted by Crippen LogP contribution is 2.24. The van der Waals surface area contributed by atoms with Gasteiger partial charge in [0.15, 0.2) is 5.78 Å². The van der Waals surface area contributed by atoms with Gasteiger partial charge in [-0.2, -0.15) is 0 Å². The normalized spacial score (nSPS) is 11.5. The van der Waals surface area contributed by atoms with Crippen LogP contribution in [0.15, 0.2) is 22.7 Å². The highest BCUT2D eigenvalue weighted by atomic mass is 79.9. The molecule has 0 aliphatic carbocycles. The largest absolute Gasteiger partial charge is 0.293 e. The molecule has 1 nitrogen and oxygen atoms in total.